The third-order valence-electron chi connectivity index (χ3n) is 3.58. The molecular weight excluding hydrogens is 250 g/mol. The summed E-state index contributed by atoms with van der Waals surface area (Å²) in [5.74, 6) is 0. The number of aromatic nitrogens is 1. The maximum absolute atomic E-state index is 12.4. The second-order valence-corrected chi connectivity index (χ2v) is 6.77. The molecular formula is C12H19N3O2S. The van der Waals surface area contributed by atoms with Crippen LogP contribution in [0.1, 0.15) is 25.7 Å². The molecule has 0 amide bonds. The molecule has 2 rings (SSSR count). The van der Waals surface area contributed by atoms with Crippen molar-refractivity contribution in [2.24, 2.45) is 5.73 Å². The Kier molecular flexibility index (Phi) is 3.99. The van der Waals surface area contributed by atoms with E-state index in [-0.39, 0.29) is 12.1 Å². The summed E-state index contributed by atoms with van der Waals surface area (Å²) in [4.78, 5) is 4.14. The van der Waals surface area contributed by atoms with Crippen molar-refractivity contribution in [1.82, 2.24) is 9.29 Å². The molecule has 5 nitrogen and oxygen atoms in total. The topological polar surface area (TPSA) is 76.3 Å². The standard InChI is InChI=1S/C12H19N3O2S/c1-15(11-4-2-10(13)3-5-11)18(16,17)12-6-8-14-9-7-12/h6-11H,2-5,13H2,1H3. The summed E-state index contributed by atoms with van der Waals surface area (Å²) in [6.45, 7) is 0. The van der Waals surface area contributed by atoms with Crippen LogP contribution < -0.4 is 5.73 Å². The Hall–Kier alpha value is -0.980. The zero-order valence-corrected chi connectivity index (χ0v) is 11.3. The quantitative estimate of drug-likeness (QED) is 0.887. The first-order valence-electron chi connectivity index (χ1n) is 6.15. The highest BCUT2D eigenvalue weighted by molar-refractivity contribution is 7.89. The van der Waals surface area contributed by atoms with Crippen molar-refractivity contribution >= 4 is 10.0 Å². The van der Waals surface area contributed by atoms with Crippen molar-refractivity contribution in [2.45, 2.75) is 42.7 Å². The lowest BCUT2D eigenvalue weighted by atomic mass is 9.92. The summed E-state index contributed by atoms with van der Waals surface area (Å²) in [5, 5.41) is 0. The van der Waals surface area contributed by atoms with Gasteiger partial charge in [-0.25, -0.2) is 8.42 Å². The van der Waals surface area contributed by atoms with Crippen molar-refractivity contribution in [3.8, 4) is 0 Å². The molecule has 1 heterocycles. The molecule has 0 radical (unpaired) electrons. The zero-order valence-electron chi connectivity index (χ0n) is 10.5. The molecule has 0 bridgehead atoms. The zero-order chi connectivity index (χ0) is 13.2. The number of pyridine rings is 1. The molecule has 100 valence electrons. The molecule has 0 saturated heterocycles. The van der Waals surface area contributed by atoms with Gasteiger partial charge < -0.3 is 5.73 Å². The van der Waals surface area contributed by atoms with Crippen molar-refractivity contribution in [3.05, 3.63) is 24.5 Å². The average Bonchev–Trinajstić information content (AvgIpc) is 2.40. The molecule has 1 fully saturated rings. The summed E-state index contributed by atoms with van der Waals surface area (Å²) < 4.78 is 26.2. The van der Waals surface area contributed by atoms with Crippen molar-refractivity contribution in [2.75, 3.05) is 7.05 Å². The fourth-order valence-electron chi connectivity index (χ4n) is 2.34. The van der Waals surface area contributed by atoms with Gasteiger partial charge in [0, 0.05) is 31.5 Å². The van der Waals surface area contributed by atoms with Gasteiger partial charge in [-0.1, -0.05) is 0 Å². The summed E-state index contributed by atoms with van der Waals surface area (Å²) in [5.41, 5.74) is 5.84. The first-order chi connectivity index (χ1) is 8.51. The normalized spacial score (nSPS) is 25.3. The van der Waals surface area contributed by atoms with Crippen LogP contribution in [-0.2, 0) is 10.0 Å². The number of hydrogen-bond donors (Lipinski definition) is 1. The lowest BCUT2D eigenvalue weighted by Crippen LogP contribution is -2.41. The van der Waals surface area contributed by atoms with E-state index < -0.39 is 10.0 Å². The number of hydrogen-bond acceptors (Lipinski definition) is 4. The van der Waals surface area contributed by atoms with Gasteiger partial charge in [-0.2, -0.15) is 4.31 Å². The molecule has 1 saturated carbocycles. The van der Waals surface area contributed by atoms with Crippen LogP contribution in [0.4, 0.5) is 0 Å². The van der Waals surface area contributed by atoms with E-state index in [2.05, 4.69) is 4.98 Å². The smallest absolute Gasteiger partial charge is 0.243 e. The Morgan fingerprint density at radius 1 is 1.22 bits per heavy atom. The molecule has 0 atom stereocenters. The van der Waals surface area contributed by atoms with E-state index >= 15 is 0 Å². The molecule has 0 spiro atoms. The van der Waals surface area contributed by atoms with Crippen LogP contribution in [0.15, 0.2) is 29.4 Å². The van der Waals surface area contributed by atoms with E-state index in [1.165, 1.54) is 28.8 Å². The van der Waals surface area contributed by atoms with E-state index in [0.717, 1.165) is 25.7 Å². The maximum Gasteiger partial charge on any atom is 0.243 e. The SMILES string of the molecule is CN(C1CCC(N)CC1)S(=O)(=O)c1ccncc1. The van der Waals surface area contributed by atoms with Gasteiger partial charge in [0.05, 0.1) is 4.90 Å². The van der Waals surface area contributed by atoms with Crippen LogP contribution >= 0.6 is 0 Å². The molecule has 18 heavy (non-hydrogen) atoms. The van der Waals surface area contributed by atoms with E-state index in [1.807, 2.05) is 0 Å². The Bertz CT molecular complexity index is 481. The van der Waals surface area contributed by atoms with Crippen molar-refractivity contribution in [1.29, 1.82) is 0 Å². The Morgan fingerprint density at radius 3 is 2.33 bits per heavy atom. The van der Waals surface area contributed by atoms with Crippen LogP contribution in [0.3, 0.4) is 0 Å². The van der Waals surface area contributed by atoms with E-state index in [9.17, 15) is 8.42 Å². The van der Waals surface area contributed by atoms with Crippen molar-refractivity contribution in [3.63, 3.8) is 0 Å². The van der Waals surface area contributed by atoms with Gasteiger partial charge in [0.1, 0.15) is 0 Å². The first-order valence-corrected chi connectivity index (χ1v) is 7.59. The Morgan fingerprint density at radius 2 is 1.78 bits per heavy atom. The summed E-state index contributed by atoms with van der Waals surface area (Å²) in [6.07, 6.45) is 6.45. The largest absolute Gasteiger partial charge is 0.328 e. The van der Waals surface area contributed by atoms with Gasteiger partial charge in [-0.05, 0) is 37.8 Å². The number of nitrogens with two attached hydrogens (primary N) is 1. The number of rotatable bonds is 3. The van der Waals surface area contributed by atoms with Gasteiger partial charge in [0.2, 0.25) is 10.0 Å². The predicted octanol–water partition coefficient (Wildman–Crippen LogP) is 0.972. The minimum Gasteiger partial charge on any atom is -0.328 e. The van der Waals surface area contributed by atoms with Crippen molar-refractivity contribution < 1.29 is 8.42 Å². The molecule has 1 aliphatic carbocycles. The minimum absolute atomic E-state index is 0.0583. The van der Waals surface area contributed by atoms with Gasteiger partial charge in [0.15, 0.2) is 0 Å². The van der Waals surface area contributed by atoms with Crippen LogP contribution in [0.5, 0.6) is 0 Å². The first kappa shape index (κ1) is 13.5. The Balaban J connectivity index is 2.15. The third-order valence-corrected chi connectivity index (χ3v) is 5.51. The molecule has 1 aromatic rings. The molecule has 0 aliphatic heterocycles. The van der Waals surface area contributed by atoms with Crippen LogP contribution in [0, 0.1) is 0 Å². The monoisotopic (exact) mass is 269 g/mol. The van der Waals surface area contributed by atoms with Crippen LogP contribution in [0.2, 0.25) is 0 Å². The molecule has 1 aliphatic rings. The van der Waals surface area contributed by atoms with Crippen LogP contribution in [-0.4, -0.2) is 36.8 Å². The number of nitrogens with zero attached hydrogens (tertiary/aromatic N) is 2. The van der Waals surface area contributed by atoms with Gasteiger partial charge in [-0.15, -0.1) is 0 Å². The fraction of sp³-hybridized carbons (Fsp3) is 0.583. The molecule has 1 aromatic heterocycles. The van der Waals surface area contributed by atoms with Gasteiger partial charge in [0.25, 0.3) is 0 Å². The van der Waals surface area contributed by atoms with Gasteiger partial charge >= 0.3 is 0 Å². The lowest BCUT2D eigenvalue weighted by molar-refractivity contribution is 0.268. The van der Waals surface area contributed by atoms with E-state index in [0.29, 0.717) is 4.90 Å². The highest BCUT2D eigenvalue weighted by Crippen LogP contribution is 2.25. The third kappa shape index (κ3) is 2.71. The van der Waals surface area contributed by atoms with E-state index in [4.69, 9.17) is 5.73 Å². The highest BCUT2D eigenvalue weighted by Gasteiger charge is 2.30. The minimum atomic E-state index is -3.40. The average molecular weight is 269 g/mol. The van der Waals surface area contributed by atoms with Crippen LogP contribution in [0.25, 0.3) is 0 Å². The summed E-state index contributed by atoms with van der Waals surface area (Å²) in [7, 11) is -1.75. The molecule has 6 heteroatoms. The molecule has 2 N–H and O–H groups in total. The van der Waals surface area contributed by atoms with E-state index in [1.54, 1.807) is 7.05 Å². The highest BCUT2D eigenvalue weighted by atomic mass is 32.2. The second-order valence-electron chi connectivity index (χ2n) is 4.77. The molecule has 0 aromatic carbocycles. The lowest BCUT2D eigenvalue weighted by Gasteiger charge is -2.32. The fourth-order valence-corrected chi connectivity index (χ4v) is 3.74. The number of sulfonamides is 1. The van der Waals surface area contributed by atoms with Gasteiger partial charge in [-0.3, -0.25) is 4.98 Å². The Labute approximate surface area is 108 Å². The predicted molar refractivity (Wildman–Crippen MR) is 69.4 cm³/mol. The summed E-state index contributed by atoms with van der Waals surface area (Å²) >= 11 is 0. The maximum atomic E-state index is 12.4. The summed E-state index contributed by atoms with van der Waals surface area (Å²) in [6, 6.07) is 3.34. The molecule has 0 unspecified atom stereocenters. The second kappa shape index (κ2) is 5.34.